The maximum absolute atomic E-state index is 11.8. The van der Waals surface area contributed by atoms with Crippen molar-refractivity contribution < 1.29 is 19.1 Å². The number of hydrogen-bond donors (Lipinski definition) is 2. The second-order valence-electron chi connectivity index (χ2n) is 5.36. The van der Waals surface area contributed by atoms with Gasteiger partial charge in [-0.3, -0.25) is 14.9 Å². The van der Waals surface area contributed by atoms with Crippen molar-refractivity contribution in [2.24, 2.45) is 17.6 Å². The van der Waals surface area contributed by atoms with Crippen LogP contribution in [-0.2, 0) is 14.3 Å². The molecule has 108 valence electrons. The zero-order chi connectivity index (χ0) is 14.4. The highest BCUT2D eigenvalue weighted by Gasteiger charge is 2.28. The fourth-order valence-corrected chi connectivity index (χ4v) is 2.32. The highest BCUT2D eigenvalue weighted by atomic mass is 16.5. The molecular weight excluding hydrogens is 248 g/mol. The smallest absolute Gasteiger partial charge is 0.318 e. The number of carbonyl (C=O) groups excluding carboxylic acids is 3. The predicted molar refractivity (Wildman–Crippen MR) is 69.0 cm³/mol. The van der Waals surface area contributed by atoms with Crippen molar-refractivity contribution >= 4 is 17.9 Å². The molecule has 0 bridgehead atoms. The van der Waals surface area contributed by atoms with Crippen LogP contribution in [0.4, 0.5) is 4.79 Å². The van der Waals surface area contributed by atoms with Gasteiger partial charge in [0, 0.05) is 6.42 Å². The molecule has 3 amide bonds. The monoisotopic (exact) mass is 270 g/mol. The van der Waals surface area contributed by atoms with E-state index >= 15 is 0 Å². The van der Waals surface area contributed by atoms with Crippen LogP contribution in [0.15, 0.2) is 0 Å². The van der Waals surface area contributed by atoms with Crippen LogP contribution >= 0.6 is 0 Å². The largest absolute Gasteiger partial charge is 0.452 e. The number of carbonyl (C=O) groups is 3. The van der Waals surface area contributed by atoms with Crippen LogP contribution in [0.25, 0.3) is 0 Å². The number of ether oxygens (including phenoxy) is 1. The number of imide groups is 1. The molecule has 0 aromatic rings. The lowest BCUT2D eigenvalue weighted by molar-refractivity contribution is -0.159. The van der Waals surface area contributed by atoms with Crippen LogP contribution in [-0.4, -0.2) is 24.0 Å². The van der Waals surface area contributed by atoms with Gasteiger partial charge >= 0.3 is 12.0 Å². The summed E-state index contributed by atoms with van der Waals surface area (Å²) in [6.45, 7) is 3.49. The number of nitrogens with one attached hydrogen (secondary N) is 1. The molecule has 0 heterocycles. The molecule has 6 nitrogen and oxygen atoms in total. The van der Waals surface area contributed by atoms with Gasteiger partial charge < -0.3 is 10.5 Å². The van der Waals surface area contributed by atoms with Crippen molar-refractivity contribution in [2.45, 2.75) is 52.1 Å². The summed E-state index contributed by atoms with van der Waals surface area (Å²) >= 11 is 0. The van der Waals surface area contributed by atoms with E-state index in [1.807, 2.05) is 5.32 Å². The molecule has 1 atom stereocenters. The van der Waals surface area contributed by atoms with E-state index in [0.717, 1.165) is 25.7 Å². The second kappa shape index (κ2) is 7.11. The van der Waals surface area contributed by atoms with E-state index in [-0.39, 0.29) is 11.9 Å². The van der Waals surface area contributed by atoms with Gasteiger partial charge in [0.25, 0.3) is 5.91 Å². The lowest BCUT2D eigenvalue weighted by Crippen LogP contribution is -2.45. The molecule has 0 unspecified atom stereocenters. The Labute approximate surface area is 113 Å². The number of amides is 3. The van der Waals surface area contributed by atoms with Crippen molar-refractivity contribution in [1.29, 1.82) is 0 Å². The summed E-state index contributed by atoms with van der Waals surface area (Å²) in [5, 5.41) is 1.95. The molecule has 1 aliphatic carbocycles. The minimum absolute atomic E-state index is 0.216. The number of hydrogen-bond acceptors (Lipinski definition) is 4. The molecule has 1 fully saturated rings. The van der Waals surface area contributed by atoms with Gasteiger partial charge in [0.1, 0.15) is 0 Å². The molecule has 0 saturated heterocycles. The molecule has 19 heavy (non-hydrogen) atoms. The minimum Gasteiger partial charge on any atom is -0.452 e. The Kier molecular flexibility index (Phi) is 5.79. The van der Waals surface area contributed by atoms with E-state index in [1.165, 1.54) is 0 Å². The zero-order valence-electron chi connectivity index (χ0n) is 11.5. The summed E-state index contributed by atoms with van der Waals surface area (Å²) in [6, 6.07) is -0.942. The van der Waals surface area contributed by atoms with Crippen LogP contribution in [0.5, 0.6) is 0 Å². The molecule has 0 radical (unpaired) electrons. The van der Waals surface area contributed by atoms with Crippen LogP contribution in [0.2, 0.25) is 0 Å². The molecule has 1 aliphatic rings. The van der Waals surface area contributed by atoms with Crippen LogP contribution in [0.3, 0.4) is 0 Å². The Morgan fingerprint density at radius 1 is 1.26 bits per heavy atom. The van der Waals surface area contributed by atoms with Crippen molar-refractivity contribution in [2.75, 3.05) is 0 Å². The maximum Gasteiger partial charge on any atom is 0.318 e. The van der Waals surface area contributed by atoms with Crippen LogP contribution in [0.1, 0.15) is 46.0 Å². The second-order valence-corrected chi connectivity index (χ2v) is 5.36. The summed E-state index contributed by atoms with van der Waals surface area (Å²) < 4.78 is 5.18. The average molecular weight is 270 g/mol. The summed E-state index contributed by atoms with van der Waals surface area (Å²) in [4.78, 5) is 34.1. The first-order valence-corrected chi connectivity index (χ1v) is 6.70. The van der Waals surface area contributed by atoms with E-state index < -0.39 is 18.0 Å². The Balaban J connectivity index is 2.49. The van der Waals surface area contributed by atoms with Gasteiger partial charge in [0.05, 0.1) is 0 Å². The lowest BCUT2D eigenvalue weighted by atomic mass is 10.0. The molecule has 3 N–H and O–H groups in total. The zero-order valence-corrected chi connectivity index (χ0v) is 11.5. The standard InChI is InChI=1S/C13H22N2O4/c1-8(2)11(12(17)15-13(14)18)19-10(16)7-9-5-3-4-6-9/h8-9,11H,3-7H2,1-2H3,(H3,14,15,17,18)/t11-/m1/s1. The fraction of sp³-hybridized carbons (Fsp3) is 0.769. The molecule has 0 aliphatic heterocycles. The molecule has 1 saturated carbocycles. The molecule has 6 heteroatoms. The Hall–Kier alpha value is -1.59. The normalized spacial score (nSPS) is 17.2. The molecule has 1 rings (SSSR count). The first-order valence-electron chi connectivity index (χ1n) is 6.70. The van der Waals surface area contributed by atoms with Gasteiger partial charge in [-0.1, -0.05) is 26.7 Å². The summed E-state index contributed by atoms with van der Waals surface area (Å²) in [7, 11) is 0. The van der Waals surface area contributed by atoms with Crippen LogP contribution in [0, 0.1) is 11.8 Å². The number of nitrogens with two attached hydrogens (primary N) is 1. The Morgan fingerprint density at radius 2 is 1.84 bits per heavy atom. The van der Waals surface area contributed by atoms with Crippen molar-refractivity contribution in [1.82, 2.24) is 5.32 Å². The third-order valence-corrected chi connectivity index (χ3v) is 3.30. The van der Waals surface area contributed by atoms with Gasteiger partial charge in [0.15, 0.2) is 6.10 Å². The number of urea groups is 1. The fourth-order valence-electron chi connectivity index (χ4n) is 2.32. The number of esters is 1. The Bertz CT molecular complexity index is 349. The third kappa shape index (κ3) is 5.28. The molecule has 0 aromatic heterocycles. The lowest BCUT2D eigenvalue weighted by Gasteiger charge is -2.20. The summed E-state index contributed by atoms with van der Waals surface area (Å²) in [5.74, 6) is -0.904. The summed E-state index contributed by atoms with van der Waals surface area (Å²) in [5.41, 5.74) is 4.88. The highest BCUT2D eigenvalue weighted by molar-refractivity contribution is 5.96. The van der Waals surface area contributed by atoms with E-state index in [9.17, 15) is 14.4 Å². The first kappa shape index (κ1) is 15.5. The average Bonchev–Trinajstić information content (AvgIpc) is 2.77. The SMILES string of the molecule is CC(C)[C@@H](OC(=O)CC1CCCC1)C(=O)NC(N)=O. The van der Waals surface area contributed by atoms with Crippen molar-refractivity contribution in [3.63, 3.8) is 0 Å². The summed E-state index contributed by atoms with van der Waals surface area (Å²) in [6.07, 6.45) is 3.74. The van der Waals surface area contributed by atoms with E-state index in [4.69, 9.17) is 10.5 Å². The minimum atomic E-state index is -0.971. The number of primary amides is 1. The van der Waals surface area contributed by atoms with Crippen molar-refractivity contribution in [3.05, 3.63) is 0 Å². The van der Waals surface area contributed by atoms with Gasteiger partial charge in [-0.2, -0.15) is 0 Å². The van der Waals surface area contributed by atoms with E-state index in [2.05, 4.69) is 0 Å². The van der Waals surface area contributed by atoms with Crippen LogP contribution < -0.4 is 11.1 Å². The van der Waals surface area contributed by atoms with Gasteiger partial charge in [-0.15, -0.1) is 0 Å². The van der Waals surface area contributed by atoms with E-state index in [0.29, 0.717) is 12.3 Å². The molecular formula is C13H22N2O4. The van der Waals surface area contributed by atoms with Gasteiger partial charge in [0.2, 0.25) is 0 Å². The van der Waals surface area contributed by atoms with Gasteiger partial charge in [-0.25, -0.2) is 4.79 Å². The topological polar surface area (TPSA) is 98.5 Å². The maximum atomic E-state index is 11.8. The highest BCUT2D eigenvalue weighted by Crippen LogP contribution is 2.28. The number of rotatable bonds is 5. The van der Waals surface area contributed by atoms with Gasteiger partial charge in [-0.05, 0) is 24.7 Å². The first-order chi connectivity index (χ1) is 8.90. The van der Waals surface area contributed by atoms with E-state index in [1.54, 1.807) is 13.8 Å². The molecule has 0 spiro atoms. The Morgan fingerprint density at radius 3 is 2.32 bits per heavy atom. The van der Waals surface area contributed by atoms with Crippen molar-refractivity contribution in [3.8, 4) is 0 Å². The predicted octanol–water partition coefficient (Wildman–Crippen LogP) is 1.33. The quantitative estimate of drug-likeness (QED) is 0.736. The third-order valence-electron chi connectivity index (χ3n) is 3.30. The molecule has 0 aromatic carbocycles.